The topological polar surface area (TPSA) is 32.3 Å². The maximum absolute atomic E-state index is 8.92. The van der Waals surface area contributed by atoms with Gasteiger partial charge >= 0.3 is 0 Å². The van der Waals surface area contributed by atoms with Crippen LogP contribution in [0.3, 0.4) is 0 Å². The highest BCUT2D eigenvalue weighted by Crippen LogP contribution is 2.15. The first-order valence-corrected chi connectivity index (χ1v) is 6.79. The van der Waals surface area contributed by atoms with Crippen molar-refractivity contribution in [2.75, 3.05) is 12.9 Å². The molecule has 0 unspecified atom stereocenters. The zero-order chi connectivity index (χ0) is 12.0. The van der Waals surface area contributed by atoms with Gasteiger partial charge in [0.15, 0.2) is 0 Å². The van der Waals surface area contributed by atoms with Gasteiger partial charge in [0.2, 0.25) is 0 Å². The zero-order valence-corrected chi connectivity index (χ0v) is 11.1. The first-order valence-electron chi connectivity index (χ1n) is 5.56. The summed E-state index contributed by atoms with van der Waals surface area (Å²) in [5.74, 6) is 0. The van der Waals surface area contributed by atoms with E-state index in [2.05, 4.69) is 49.7 Å². The summed E-state index contributed by atoms with van der Waals surface area (Å²) >= 11 is 1.76. The Balaban J connectivity index is 2.48. The Morgan fingerprint density at radius 2 is 1.88 bits per heavy atom. The van der Waals surface area contributed by atoms with E-state index in [0.717, 1.165) is 13.0 Å². The third-order valence-corrected chi connectivity index (χ3v) is 3.41. The van der Waals surface area contributed by atoms with Crippen LogP contribution in [0, 0.1) is 0 Å². The van der Waals surface area contributed by atoms with Crippen molar-refractivity contribution in [3.63, 3.8) is 0 Å². The smallest absolute Gasteiger partial charge is 0.0448 e. The molecule has 2 nitrogen and oxygen atoms in total. The van der Waals surface area contributed by atoms with Gasteiger partial charge in [-0.2, -0.15) is 0 Å². The number of hydrogen-bond acceptors (Lipinski definition) is 3. The van der Waals surface area contributed by atoms with Crippen molar-refractivity contribution in [1.82, 2.24) is 5.32 Å². The van der Waals surface area contributed by atoms with E-state index in [1.165, 1.54) is 10.5 Å². The van der Waals surface area contributed by atoms with Gasteiger partial charge in [-0.15, -0.1) is 11.8 Å². The average molecular weight is 239 g/mol. The molecule has 1 aromatic rings. The SMILES string of the molecule is CSc1ccc(CNC(C)(C)CCO)cc1. The Morgan fingerprint density at radius 1 is 1.25 bits per heavy atom. The molecule has 0 spiro atoms. The quantitative estimate of drug-likeness (QED) is 0.749. The van der Waals surface area contributed by atoms with E-state index in [4.69, 9.17) is 5.11 Å². The van der Waals surface area contributed by atoms with Gasteiger partial charge in [-0.05, 0) is 44.2 Å². The minimum absolute atomic E-state index is 0.00702. The van der Waals surface area contributed by atoms with Gasteiger partial charge in [0.25, 0.3) is 0 Å². The second-order valence-electron chi connectivity index (χ2n) is 4.56. The third kappa shape index (κ3) is 4.56. The molecule has 0 saturated carbocycles. The summed E-state index contributed by atoms with van der Waals surface area (Å²) < 4.78 is 0. The van der Waals surface area contributed by atoms with Crippen LogP contribution >= 0.6 is 11.8 Å². The van der Waals surface area contributed by atoms with E-state index < -0.39 is 0 Å². The number of aliphatic hydroxyl groups excluding tert-OH is 1. The van der Waals surface area contributed by atoms with Gasteiger partial charge in [0, 0.05) is 23.6 Å². The Morgan fingerprint density at radius 3 is 2.38 bits per heavy atom. The molecular weight excluding hydrogens is 218 g/mol. The predicted octanol–water partition coefficient (Wildman–Crippen LogP) is 2.66. The number of nitrogens with one attached hydrogen (secondary N) is 1. The lowest BCUT2D eigenvalue weighted by Gasteiger charge is -2.25. The summed E-state index contributed by atoms with van der Waals surface area (Å²) in [6, 6.07) is 8.57. The average Bonchev–Trinajstić information content (AvgIpc) is 2.27. The molecule has 0 atom stereocenters. The van der Waals surface area contributed by atoms with Crippen LogP contribution in [-0.2, 0) is 6.54 Å². The Labute approximate surface area is 102 Å². The molecule has 0 saturated heterocycles. The summed E-state index contributed by atoms with van der Waals surface area (Å²) in [4.78, 5) is 1.29. The van der Waals surface area contributed by atoms with Crippen LogP contribution in [0.25, 0.3) is 0 Å². The molecule has 0 aromatic heterocycles. The number of thioether (sulfide) groups is 1. The summed E-state index contributed by atoms with van der Waals surface area (Å²) in [5, 5.41) is 12.4. The highest BCUT2D eigenvalue weighted by Gasteiger charge is 2.15. The van der Waals surface area contributed by atoms with Crippen LogP contribution in [0.4, 0.5) is 0 Å². The minimum Gasteiger partial charge on any atom is -0.396 e. The fourth-order valence-electron chi connectivity index (χ4n) is 1.45. The maximum atomic E-state index is 8.92. The van der Waals surface area contributed by atoms with Crippen molar-refractivity contribution in [2.24, 2.45) is 0 Å². The Bertz CT molecular complexity index is 308. The first kappa shape index (κ1) is 13.6. The van der Waals surface area contributed by atoms with Gasteiger partial charge in [-0.1, -0.05) is 12.1 Å². The molecule has 0 radical (unpaired) electrons. The summed E-state index contributed by atoms with van der Waals surface area (Å²) in [6.45, 7) is 5.30. The summed E-state index contributed by atoms with van der Waals surface area (Å²) in [6.07, 6.45) is 2.85. The molecule has 1 rings (SSSR count). The highest BCUT2D eigenvalue weighted by molar-refractivity contribution is 7.98. The Kier molecular flexibility index (Phi) is 5.32. The fourth-order valence-corrected chi connectivity index (χ4v) is 1.86. The minimum atomic E-state index is -0.00702. The van der Waals surface area contributed by atoms with Crippen molar-refractivity contribution in [1.29, 1.82) is 0 Å². The standard InChI is InChI=1S/C13H21NOS/c1-13(2,8-9-15)14-10-11-4-6-12(16-3)7-5-11/h4-7,14-15H,8-10H2,1-3H3. The van der Waals surface area contributed by atoms with Gasteiger partial charge in [-0.25, -0.2) is 0 Å². The Hall–Kier alpha value is -0.510. The van der Waals surface area contributed by atoms with Crippen molar-refractivity contribution in [2.45, 2.75) is 37.2 Å². The van der Waals surface area contributed by atoms with E-state index in [0.29, 0.717) is 0 Å². The predicted molar refractivity (Wildman–Crippen MR) is 70.8 cm³/mol. The molecular formula is C13H21NOS. The zero-order valence-electron chi connectivity index (χ0n) is 10.3. The molecule has 1 aromatic carbocycles. The van der Waals surface area contributed by atoms with Crippen LogP contribution in [0.15, 0.2) is 29.2 Å². The maximum Gasteiger partial charge on any atom is 0.0448 e. The summed E-state index contributed by atoms with van der Waals surface area (Å²) in [7, 11) is 0. The molecule has 0 aliphatic heterocycles. The lowest BCUT2D eigenvalue weighted by Crippen LogP contribution is -2.39. The van der Waals surface area contributed by atoms with E-state index >= 15 is 0 Å². The van der Waals surface area contributed by atoms with Crippen LogP contribution in [0.5, 0.6) is 0 Å². The number of benzene rings is 1. The van der Waals surface area contributed by atoms with Gasteiger partial charge in [0.1, 0.15) is 0 Å². The second kappa shape index (κ2) is 6.28. The molecule has 90 valence electrons. The van der Waals surface area contributed by atoms with Gasteiger partial charge in [0.05, 0.1) is 0 Å². The molecule has 0 amide bonds. The fraction of sp³-hybridized carbons (Fsp3) is 0.538. The largest absolute Gasteiger partial charge is 0.396 e. The van der Waals surface area contributed by atoms with Crippen LogP contribution < -0.4 is 5.32 Å². The monoisotopic (exact) mass is 239 g/mol. The molecule has 0 fully saturated rings. The molecule has 0 aliphatic carbocycles. The summed E-state index contributed by atoms with van der Waals surface area (Å²) in [5.41, 5.74) is 1.27. The van der Waals surface area contributed by atoms with Crippen molar-refractivity contribution >= 4 is 11.8 Å². The molecule has 16 heavy (non-hydrogen) atoms. The van der Waals surface area contributed by atoms with E-state index in [1.54, 1.807) is 11.8 Å². The molecule has 0 aliphatic rings. The normalized spacial score (nSPS) is 11.8. The molecule has 0 bridgehead atoms. The second-order valence-corrected chi connectivity index (χ2v) is 5.44. The van der Waals surface area contributed by atoms with Crippen molar-refractivity contribution in [3.05, 3.63) is 29.8 Å². The molecule has 3 heteroatoms. The van der Waals surface area contributed by atoms with Crippen LogP contribution in [0.2, 0.25) is 0 Å². The van der Waals surface area contributed by atoms with E-state index in [1.807, 2.05) is 0 Å². The number of rotatable bonds is 6. The van der Waals surface area contributed by atoms with Crippen molar-refractivity contribution < 1.29 is 5.11 Å². The lowest BCUT2D eigenvalue weighted by molar-refractivity contribution is 0.230. The van der Waals surface area contributed by atoms with E-state index in [9.17, 15) is 0 Å². The number of hydrogen-bond donors (Lipinski definition) is 2. The number of aliphatic hydroxyl groups is 1. The van der Waals surface area contributed by atoms with Gasteiger partial charge < -0.3 is 10.4 Å². The third-order valence-electron chi connectivity index (χ3n) is 2.67. The van der Waals surface area contributed by atoms with Gasteiger partial charge in [-0.3, -0.25) is 0 Å². The highest BCUT2D eigenvalue weighted by atomic mass is 32.2. The van der Waals surface area contributed by atoms with Crippen LogP contribution in [-0.4, -0.2) is 23.5 Å². The van der Waals surface area contributed by atoms with Crippen LogP contribution in [0.1, 0.15) is 25.8 Å². The molecule has 2 N–H and O–H groups in total. The lowest BCUT2D eigenvalue weighted by atomic mass is 10.0. The molecule has 0 heterocycles. The van der Waals surface area contributed by atoms with Crippen molar-refractivity contribution in [3.8, 4) is 0 Å². The first-order chi connectivity index (χ1) is 7.57. The van der Waals surface area contributed by atoms with E-state index in [-0.39, 0.29) is 12.1 Å².